The van der Waals surface area contributed by atoms with Crippen molar-refractivity contribution in [3.63, 3.8) is 0 Å². The lowest BCUT2D eigenvalue weighted by Gasteiger charge is -2.26. The average Bonchev–Trinajstić information content (AvgIpc) is 2.79. The maximum atomic E-state index is 11.0. The molecule has 0 saturated carbocycles. The first-order valence-electron chi connectivity index (χ1n) is 9.92. The maximum Gasteiger partial charge on any atom is 0.330 e. The lowest BCUT2D eigenvalue weighted by atomic mass is 9.78. The molecule has 0 spiro atoms. The molecule has 0 radical (unpaired) electrons. The van der Waals surface area contributed by atoms with Crippen molar-refractivity contribution >= 4 is 11.9 Å². The number of rotatable bonds is 12. The van der Waals surface area contributed by atoms with E-state index in [1.165, 1.54) is 0 Å². The summed E-state index contributed by atoms with van der Waals surface area (Å²) in [5, 5.41) is 0. The molecular formula is C26H32O6. The second kappa shape index (κ2) is 13.0. The van der Waals surface area contributed by atoms with Gasteiger partial charge in [0.25, 0.3) is 0 Å². The second-order valence-corrected chi connectivity index (χ2v) is 7.11. The third-order valence-corrected chi connectivity index (χ3v) is 4.68. The van der Waals surface area contributed by atoms with Gasteiger partial charge in [-0.1, -0.05) is 58.7 Å². The smallest absolute Gasteiger partial charge is 0.330 e. The molecule has 32 heavy (non-hydrogen) atoms. The summed E-state index contributed by atoms with van der Waals surface area (Å²) >= 11 is 0. The Morgan fingerprint density at radius 1 is 0.719 bits per heavy atom. The van der Waals surface area contributed by atoms with E-state index in [0.717, 1.165) is 23.3 Å². The fourth-order valence-electron chi connectivity index (χ4n) is 2.82. The van der Waals surface area contributed by atoms with E-state index in [1.54, 1.807) is 0 Å². The molecule has 0 unspecified atom stereocenters. The molecule has 172 valence electrons. The molecule has 2 rings (SSSR count). The summed E-state index contributed by atoms with van der Waals surface area (Å²) in [5.74, 6) is 0.478. The van der Waals surface area contributed by atoms with Crippen LogP contribution in [-0.4, -0.2) is 38.4 Å². The Morgan fingerprint density at radius 2 is 1.06 bits per heavy atom. The standard InChI is InChI=1S/C25H28O6.CH4/c1-5-23(26)30-17-15-28-21-11-7-19(8-12-21)25(3,4)20-9-13-22(14-10-20)29-16-18-31-24(27)6-2;/h5-14H,1-2,15-18H2,3-4H3;1H4. The molecule has 0 heterocycles. The Kier molecular flexibility index (Phi) is 10.8. The van der Waals surface area contributed by atoms with Gasteiger partial charge in [0.1, 0.15) is 37.9 Å². The van der Waals surface area contributed by atoms with Crippen molar-refractivity contribution in [1.82, 2.24) is 0 Å². The van der Waals surface area contributed by atoms with Gasteiger partial charge in [-0.05, 0) is 35.4 Å². The Balaban J connectivity index is 0.00000512. The molecule has 0 fully saturated rings. The highest BCUT2D eigenvalue weighted by Crippen LogP contribution is 2.33. The highest BCUT2D eigenvalue weighted by Gasteiger charge is 2.23. The van der Waals surface area contributed by atoms with Crippen LogP contribution < -0.4 is 9.47 Å². The Morgan fingerprint density at radius 3 is 1.38 bits per heavy atom. The summed E-state index contributed by atoms with van der Waals surface area (Å²) in [4.78, 5) is 22.0. The highest BCUT2D eigenvalue weighted by atomic mass is 16.6. The highest BCUT2D eigenvalue weighted by molar-refractivity contribution is 5.81. The SMILES string of the molecule is C.C=CC(=O)OCCOc1ccc(C(C)(C)c2ccc(OCCOC(=O)C=C)cc2)cc1. The van der Waals surface area contributed by atoms with E-state index in [1.807, 2.05) is 48.5 Å². The molecule has 0 N–H and O–H groups in total. The zero-order valence-corrected chi connectivity index (χ0v) is 18.0. The number of esters is 2. The van der Waals surface area contributed by atoms with E-state index in [-0.39, 0.29) is 39.3 Å². The Bertz CT molecular complexity index is 808. The lowest BCUT2D eigenvalue weighted by molar-refractivity contribution is -0.139. The normalized spacial score (nSPS) is 10.3. The minimum Gasteiger partial charge on any atom is -0.490 e. The summed E-state index contributed by atoms with van der Waals surface area (Å²) < 4.78 is 21.0. The van der Waals surface area contributed by atoms with E-state index < -0.39 is 11.9 Å². The number of benzene rings is 2. The predicted molar refractivity (Wildman–Crippen MR) is 125 cm³/mol. The van der Waals surface area contributed by atoms with Crippen molar-refractivity contribution in [2.24, 2.45) is 0 Å². The van der Waals surface area contributed by atoms with Crippen LogP contribution in [0.25, 0.3) is 0 Å². The first-order chi connectivity index (χ1) is 14.9. The fraction of sp³-hybridized carbons (Fsp3) is 0.308. The number of hydrogen-bond donors (Lipinski definition) is 0. The van der Waals surface area contributed by atoms with Gasteiger partial charge in [-0.25, -0.2) is 9.59 Å². The number of hydrogen-bond acceptors (Lipinski definition) is 6. The lowest BCUT2D eigenvalue weighted by Crippen LogP contribution is -2.19. The van der Waals surface area contributed by atoms with Crippen molar-refractivity contribution in [3.05, 3.63) is 85.0 Å². The molecule has 0 aliphatic heterocycles. The van der Waals surface area contributed by atoms with E-state index >= 15 is 0 Å². The monoisotopic (exact) mass is 440 g/mol. The minimum atomic E-state index is -0.465. The third kappa shape index (κ3) is 7.95. The third-order valence-electron chi connectivity index (χ3n) is 4.68. The Labute approximate surface area is 190 Å². The number of carbonyl (C=O) groups is 2. The zero-order chi connectivity index (χ0) is 22.7. The molecule has 2 aromatic carbocycles. The Hall–Kier alpha value is -3.54. The second-order valence-electron chi connectivity index (χ2n) is 7.11. The van der Waals surface area contributed by atoms with Gasteiger partial charge in [-0.3, -0.25) is 0 Å². The van der Waals surface area contributed by atoms with Gasteiger partial charge < -0.3 is 18.9 Å². The van der Waals surface area contributed by atoms with Crippen LogP contribution in [-0.2, 0) is 24.5 Å². The van der Waals surface area contributed by atoms with Crippen LogP contribution in [0, 0.1) is 0 Å². The molecule has 0 saturated heterocycles. The van der Waals surface area contributed by atoms with E-state index in [2.05, 4.69) is 27.0 Å². The van der Waals surface area contributed by atoms with Crippen molar-refractivity contribution in [2.75, 3.05) is 26.4 Å². The molecule has 2 aromatic rings. The molecule has 0 bridgehead atoms. The van der Waals surface area contributed by atoms with Gasteiger partial charge in [-0.2, -0.15) is 0 Å². The van der Waals surface area contributed by atoms with Crippen LogP contribution in [0.2, 0.25) is 0 Å². The number of carbonyl (C=O) groups excluding carboxylic acids is 2. The van der Waals surface area contributed by atoms with Crippen molar-refractivity contribution < 1.29 is 28.5 Å². The average molecular weight is 441 g/mol. The summed E-state index contributed by atoms with van der Waals surface area (Å²) in [6, 6.07) is 15.7. The molecule has 0 amide bonds. The van der Waals surface area contributed by atoms with Gasteiger partial charge in [0.05, 0.1) is 0 Å². The van der Waals surface area contributed by atoms with Gasteiger partial charge >= 0.3 is 11.9 Å². The molecular weight excluding hydrogens is 408 g/mol. The van der Waals surface area contributed by atoms with E-state index in [9.17, 15) is 9.59 Å². The van der Waals surface area contributed by atoms with Crippen LogP contribution in [0.1, 0.15) is 32.4 Å². The van der Waals surface area contributed by atoms with Crippen LogP contribution >= 0.6 is 0 Å². The summed E-state index contributed by atoms with van der Waals surface area (Å²) in [7, 11) is 0. The van der Waals surface area contributed by atoms with Gasteiger partial charge in [-0.15, -0.1) is 0 Å². The maximum absolute atomic E-state index is 11.0. The van der Waals surface area contributed by atoms with Crippen LogP contribution in [0.4, 0.5) is 0 Å². The van der Waals surface area contributed by atoms with Crippen molar-refractivity contribution in [1.29, 1.82) is 0 Å². The minimum absolute atomic E-state index is 0. The predicted octanol–water partition coefficient (Wildman–Crippen LogP) is 4.86. The molecule has 6 heteroatoms. The summed E-state index contributed by atoms with van der Waals surface area (Å²) in [6.07, 6.45) is 2.24. The summed E-state index contributed by atoms with van der Waals surface area (Å²) in [5.41, 5.74) is 2.03. The summed E-state index contributed by atoms with van der Waals surface area (Å²) in [6.45, 7) is 11.9. The quantitative estimate of drug-likeness (QED) is 0.267. The van der Waals surface area contributed by atoms with E-state index in [4.69, 9.17) is 18.9 Å². The van der Waals surface area contributed by atoms with Crippen molar-refractivity contribution in [2.45, 2.75) is 26.7 Å². The van der Waals surface area contributed by atoms with Gasteiger partial charge in [0.15, 0.2) is 0 Å². The molecule has 0 aliphatic rings. The van der Waals surface area contributed by atoms with Crippen LogP contribution in [0.3, 0.4) is 0 Å². The zero-order valence-electron chi connectivity index (χ0n) is 18.0. The number of ether oxygens (including phenoxy) is 4. The largest absolute Gasteiger partial charge is 0.490 e. The molecule has 6 nitrogen and oxygen atoms in total. The molecule has 0 aliphatic carbocycles. The van der Waals surface area contributed by atoms with Gasteiger partial charge in [0.2, 0.25) is 0 Å². The topological polar surface area (TPSA) is 71.1 Å². The molecule has 0 atom stereocenters. The van der Waals surface area contributed by atoms with E-state index in [0.29, 0.717) is 11.5 Å². The van der Waals surface area contributed by atoms with Crippen LogP contribution in [0.5, 0.6) is 11.5 Å². The van der Waals surface area contributed by atoms with Crippen molar-refractivity contribution in [3.8, 4) is 11.5 Å². The van der Waals surface area contributed by atoms with Crippen LogP contribution in [0.15, 0.2) is 73.8 Å². The first-order valence-corrected chi connectivity index (χ1v) is 9.92. The fourth-order valence-corrected chi connectivity index (χ4v) is 2.82. The first kappa shape index (κ1) is 26.5. The molecule has 0 aromatic heterocycles. The van der Waals surface area contributed by atoms with Gasteiger partial charge in [0, 0.05) is 17.6 Å².